The summed E-state index contributed by atoms with van der Waals surface area (Å²) in [6, 6.07) is 4.65. The van der Waals surface area contributed by atoms with E-state index in [4.69, 9.17) is 4.74 Å². The fourth-order valence-corrected chi connectivity index (χ4v) is 5.21. The molecule has 0 saturated heterocycles. The lowest BCUT2D eigenvalue weighted by atomic mass is 9.71. The SMILES string of the molecule is COc1nc2c(cc1NS(=O)(=O)c1ccc([C@]3(F)C[C@H](C)C3)nc1)CCN(C)CC2. The van der Waals surface area contributed by atoms with Gasteiger partial charge in [-0.25, -0.2) is 17.8 Å². The molecule has 3 heterocycles. The van der Waals surface area contributed by atoms with Crippen molar-refractivity contribution in [3.05, 3.63) is 41.3 Å². The molecule has 0 atom stereocenters. The van der Waals surface area contributed by atoms with Crippen molar-refractivity contribution in [2.24, 2.45) is 5.92 Å². The Hall–Kier alpha value is -2.26. The van der Waals surface area contributed by atoms with E-state index in [2.05, 4.69) is 26.6 Å². The summed E-state index contributed by atoms with van der Waals surface area (Å²) >= 11 is 0. The van der Waals surface area contributed by atoms with E-state index in [1.54, 1.807) is 6.07 Å². The molecule has 30 heavy (non-hydrogen) atoms. The summed E-state index contributed by atoms with van der Waals surface area (Å²) in [7, 11) is -0.404. The number of hydrogen-bond acceptors (Lipinski definition) is 6. The normalized spacial score (nSPS) is 24.5. The van der Waals surface area contributed by atoms with Crippen LogP contribution in [0, 0.1) is 5.92 Å². The van der Waals surface area contributed by atoms with Crippen LogP contribution in [-0.2, 0) is 28.5 Å². The number of pyridine rings is 2. The van der Waals surface area contributed by atoms with Crippen molar-refractivity contribution in [1.29, 1.82) is 0 Å². The molecule has 1 aliphatic carbocycles. The number of anilines is 1. The van der Waals surface area contributed by atoms with E-state index >= 15 is 0 Å². The Morgan fingerprint density at radius 3 is 2.63 bits per heavy atom. The molecule has 0 spiro atoms. The summed E-state index contributed by atoms with van der Waals surface area (Å²) in [6.45, 7) is 3.75. The molecule has 1 aliphatic heterocycles. The first kappa shape index (κ1) is 21.0. The molecule has 1 saturated carbocycles. The summed E-state index contributed by atoms with van der Waals surface area (Å²) in [6.07, 6.45) is 3.60. The number of hydrogen-bond donors (Lipinski definition) is 1. The fourth-order valence-electron chi connectivity index (χ4n) is 4.22. The van der Waals surface area contributed by atoms with E-state index in [0.717, 1.165) is 37.2 Å². The lowest BCUT2D eigenvalue weighted by molar-refractivity contribution is 0.00719. The molecule has 2 aromatic rings. The first-order valence-electron chi connectivity index (χ1n) is 10.1. The molecule has 162 valence electrons. The van der Waals surface area contributed by atoms with Crippen molar-refractivity contribution in [2.75, 3.05) is 32.0 Å². The zero-order chi connectivity index (χ0) is 21.5. The van der Waals surface area contributed by atoms with Crippen LogP contribution in [0.25, 0.3) is 0 Å². The molecule has 1 fully saturated rings. The van der Waals surface area contributed by atoms with Crippen molar-refractivity contribution >= 4 is 15.7 Å². The third-order valence-electron chi connectivity index (χ3n) is 5.94. The van der Waals surface area contributed by atoms with Crippen LogP contribution in [-0.4, -0.2) is 50.5 Å². The van der Waals surface area contributed by atoms with Gasteiger partial charge in [0.15, 0.2) is 5.67 Å². The molecule has 0 radical (unpaired) electrons. The van der Waals surface area contributed by atoms with Crippen LogP contribution in [0.5, 0.6) is 5.88 Å². The van der Waals surface area contributed by atoms with Gasteiger partial charge in [0.1, 0.15) is 10.6 Å². The molecule has 0 aromatic carbocycles. The van der Waals surface area contributed by atoms with Gasteiger partial charge in [0.2, 0.25) is 5.88 Å². The van der Waals surface area contributed by atoms with Crippen LogP contribution in [0.4, 0.5) is 10.1 Å². The number of fused-ring (bicyclic) bond motifs is 1. The highest BCUT2D eigenvalue weighted by molar-refractivity contribution is 7.92. The fraction of sp³-hybridized carbons (Fsp3) is 0.524. The molecule has 0 unspecified atom stereocenters. The van der Waals surface area contributed by atoms with Gasteiger partial charge in [0, 0.05) is 31.4 Å². The second-order valence-electron chi connectivity index (χ2n) is 8.42. The maximum atomic E-state index is 14.7. The zero-order valence-electron chi connectivity index (χ0n) is 17.5. The van der Waals surface area contributed by atoms with Crippen molar-refractivity contribution in [1.82, 2.24) is 14.9 Å². The van der Waals surface area contributed by atoms with Gasteiger partial charge in [-0.15, -0.1) is 0 Å². The Morgan fingerprint density at radius 1 is 1.27 bits per heavy atom. The van der Waals surface area contributed by atoms with Gasteiger partial charge < -0.3 is 9.64 Å². The standard InChI is InChI=1S/C21H27FN4O3S/c1-14-11-21(22,12-14)19-5-4-16(13-23-19)30(27,28)25-18-10-15-6-8-26(2)9-7-17(15)24-20(18)29-3/h4-5,10,13-14,25H,6-9,11-12H2,1-3H3/t14-,21-. The highest BCUT2D eigenvalue weighted by Crippen LogP contribution is 2.48. The minimum atomic E-state index is -3.92. The summed E-state index contributed by atoms with van der Waals surface area (Å²) in [5.74, 6) is 0.549. The Balaban J connectivity index is 1.59. The van der Waals surface area contributed by atoms with Crippen LogP contribution in [0.1, 0.15) is 36.7 Å². The lowest BCUT2D eigenvalue weighted by Gasteiger charge is -2.39. The van der Waals surface area contributed by atoms with Crippen LogP contribution in [0.3, 0.4) is 0 Å². The van der Waals surface area contributed by atoms with Crippen LogP contribution in [0.2, 0.25) is 0 Å². The van der Waals surface area contributed by atoms with Crippen molar-refractivity contribution in [3.63, 3.8) is 0 Å². The molecule has 1 N–H and O–H groups in total. The first-order valence-corrected chi connectivity index (χ1v) is 11.6. The first-order chi connectivity index (χ1) is 14.2. The second kappa shape index (κ2) is 7.77. The van der Waals surface area contributed by atoms with Crippen molar-refractivity contribution < 1.29 is 17.5 Å². The molecule has 9 heteroatoms. The van der Waals surface area contributed by atoms with Gasteiger partial charge in [-0.3, -0.25) is 9.71 Å². The maximum absolute atomic E-state index is 14.7. The molecular weight excluding hydrogens is 407 g/mol. The monoisotopic (exact) mass is 434 g/mol. The number of sulfonamides is 1. The van der Waals surface area contributed by atoms with E-state index in [1.165, 1.54) is 25.4 Å². The van der Waals surface area contributed by atoms with Crippen LogP contribution in [0.15, 0.2) is 29.3 Å². The number of alkyl halides is 1. The molecule has 2 aromatic heterocycles. The number of nitrogens with one attached hydrogen (secondary N) is 1. The van der Waals surface area contributed by atoms with Gasteiger partial charge in [0.05, 0.1) is 12.8 Å². The van der Waals surface area contributed by atoms with Crippen LogP contribution >= 0.6 is 0 Å². The zero-order valence-corrected chi connectivity index (χ0v) is 18.3. The minimum Gasteiger partial charge on any atom is -0.479 e. The van der Waals surface area contributed by atoms with Crippen molar-refractivity contribution in [3.8, 4) is 5.88 Å². The lowest BCUT2D eigenvalue weighted by Crippen LogP contribution is -2.36. The Bertz CT molecular complexity index is 1040. The number of methoxy groups -OCH3 is 1. The van der Waals surface area contributed by atoms with E-state index in [0.29, 0.717) is 24.4 Å². The van der Waals surface area contributed by atoms with E-state index < -0.39 is 15.7 Å². The van der Waals surface area contributed by atoms with Gasteiger partial charge in [-0.1, -0.05) is 6.92 Å². The topological polar surface area (TPSA) is 84.4 Å². The smallest absolute Gasteiger partial charge is 0.263 e. The van der Waals surface area contributed by atoms with Gasteiger partial charge >= 0.3 is 0 Å². The van der Waals surface area contributed by atoms with E-state index in [1.807, 2.05) is 6.92 Å². The Labute approximate surface area is 176 Å². The third-order valence-corrected chi connectivity index (χ3v) is 7.29. The largest absolute Gasteiger partial charge is 0.479 e. The van der Waals surface area contributed by atoms with E-state index in [9.17, 15) is 12.8 Å². The average Bonchev–Trinajstić information content (AvgIpc) is 2.87. The highest BCUT2D eigenvalue weighted by atomic mass is 32.2. The summed E-state index contributed by atoms with van der Waals surface area (Å²) in [5.41, 5.74) is 1.05. The maximum Gasteiger partial charge on any atom is 0.263 e. The van der Waals surface area contributed by atoms with Gasteiger partial charge in [0.25, 0.3) is 10.0 Å². The number of ether oxygens (including phenoxy) is 1. The summed E-state index contributed by atoms with van der Waals surface area (Å²) < 4.78 is 48.5. The predicted octanol–water partition coefficient (Wildman–Crippen LogP) is 2.91. The molecule has 0 bridgehead atoms. The average molecular weight is 435 g/mol. The second-order valence-corrected chi connectivity index (χ2v) is 10.1. The predicted molar refractivity (Wildman–Crippen MR) is 112 cm³/mol. The van der Waals surface area contributed by atoms with Gasteiger partial charge in [-0.2, -0.15) is 0 Å². The van der Waals surface area contributed by atoms with Crippen LogP contribution < -0.4 is 9.46 Å². The third kappa shape index (κ3) is 4.00. The number of aromatic nitrogens is 2. The van der Waals surface area contributed by atoms with Gasteiger partial charge in [-0.05, 0) is 56.0 Å². The number of halogens is 1. The molecule has 0 amide bonds. The van der Waals surface area contributed by atoms with E-state index in [-0.39, 0.29) is 16.5 Å². The summed E-state index contributed by atoms with van der Waals surface area (Å²) in [4.78, 5) is 10.8. The Kier molecular flexibility index (Phi) is 5.44. The summed E-state index contributed by atoms with van der Waals surface area (Å²) in [5, 5.41) is 0. The highest BCUT2D eigenvalue weighted by Gasteiger charge is 2.45. The number of rotatable bonds is 5. The minimum absolute atomic E-state index is 0.0287. The molecule has 2 aliphatic rings. The number of likely N-dealkylation sites (N-methyl/N-ethyl adjacent to an activating group) is 1. The quantitative estimate of drug-likeness (QED) is 0.779. The molecule has 4 rings (SSSR count). The molecular formula is C21H27FN4O3S. The number of nitrogens with zero attached hydrogens (tertiary/aromatic N) is 3. The molecule has 7 nitrogen and oxygen atoms in total. The Morgan fingerprint density at radius 2 is 2.00 bits per heavy atom. The van der Waals surface area contributed by atoms with Crippen molar-refractivity contribution in [2.45, 2.75) is 43.2 Å².